The summed E-state index contributed by atoms with van der Waals surface area (Å²) >= 11 is 0. The lowest BCUT2D eigenvalue weighted by molar-refractivity contribution is -0.0204. The number of hydrogen-bond acceptors (Lipinski definition) is 0. The summed E-state index contributed by atoms with van der Waals surface area (Å²) in [5.41, 5.74) is 8.65. The van der Waals surface area contributed by atoms with Crippen molar-refractivity contribution in [3.63, 3.8) is 0 Å². The quantitative estimate of drug-likeness (QED) is 0.531. The minimum atomic E-state index is 0.614. The number of fused-ring (bicyclic) bond motifs is 5. The first-order valence-corrected chi connectivity index (χ1v) is 11.3. The molecule has 2 aromatic carbocycles. The molecule has 0 spiro atoms. The molecule has 27 heavy (non-hydrogen) atoms. The highest BCUT2D eigenvalue weighted by atomic mass is 14.5. The molecule has 0 unspecified atom stereocenters. The van der Waals surface area contributed by atoms with Gasteiger partial charge in [0.2, 0.25) is 0 Å². The molecule has 2 fully saturated rings. The number of rotatable bonds is 2. The van der Waals surface area contributed by atoms with E-state index in [4.69, 9.17) is 0 Å². The Morgan fingerprint density at radius 2 is 1.78 bits per heavy atom. The van der Waals surface area contributed by atoms with Crippen LogP contribution in [0, 0.1) is 24.2 Å². The van der Waals surface area contributed by atoms with E-state index in [9.17, 15) is 0 Å². The van der Waals surface area contributed by atoms with Crippen LogP contribution in [0.1, 0.15) is 85.6 Å². The van der Waals surface area contributed by atoms with Gasteiger partial charge < -0.3 is 0 Å². The number of hydrogen-bond donors (Lipinski definition) is 0. The molecule has 0 N–H and O–H groups in total. The Kier molecular flexibility index (Phi) is 4.42. The summed E-state index contributed by atoms with van der Waals surface area (Å²) in [4.78, 5) is 0. The second-order valence-electron chi connectivity index (χ2n) is 9.87. The Labute approximate surface area is 165 Å². The zero-order valence-electron chi connectivity index (χ0n) is 17.1. The summed E-state index contributed by atoms with van der Waals surface area (Å²) in [5, 5.41) is 0. The van der Waals surface area contributed by atoms with E-state index in [0.29, 0.717) is 5.41 Å². The molecule has 0 saturated heterocycles. The summed E-state index contributed by atoms with van der Waals surface area (Å²) in [7, 11) is 0. The Hall–Kier alpha value is -1.56. The molecule has 0 heterocycles. The predicted molar refractivity (Wildman–Crippen MR) is 114 cm³/mol. The molecular weight excluding hydrogens is 324 g/mol. The van der Waals surface area contributed by atoms with Crippen LogP contribution in [0.25, 0.3) is 0 Å². The highest BCUT2D eigenvalue weighted by molar-refractivity contribution is 5.47. The Balaban J connectivity index is 1.52. The van der Waals surface area contributed by atoms with E-state index in [1.54, 1.807) is 16.7 Å². The fourth-order valence-corrected chi connectivity index (χ4v) is 7.15. The largest absolute Gasteiger partial charge is 0.0622 e. The zero-order chi connectivity index (χ0) is 18.4. The van der Waals surface area contributed by atoms with Gasteiger partial charge in [-0.3, -0.25) is 0 Å². The first-order chi connectivity index (χ1) is 13.2. The molecule has 0 aliphatic heterocycles. The molecule has 4 atom stereocenters. The third-order valence-electron chi connectivity index (χ3n) is 8.64. The van der Waals surface area contributed by atoms with Crippen LogP contribution in [0.3, 0.4) is 0 Å². The SMILES string of the molecule is Cc1ccc2c(c1Cc1ccccc1)CC[C@@H]1[C@H]2CC[C@@H]2CCCC[C@@]21C. The van der Waals surface area contributed by atoms with Gasteiger partial charge in [0.1, 0.15) is 0 Å². The molecule has 3 aliphatic carbocycles. The van der Waals surface area contributed by atoms with Gasteiger partial charge in [-0.25, -0.2) is 0 Å². The molecule has 0 radical (unpaired) electrons. The summed E-state index contributed by atoms with van der Waals surface area (Å²) in [5.74, 6) is 2.75. The van der Waals surface area contributed by atoms with E-state index in [1.807, 2.05) is 0 Å². The smallest absolute Gasteiger partial charge is 0.00203 e. The lowest BCUT2D eigenvalue weighted by Gasteiger charge is -2.56. The van der Waals surface area contributed by atoms with Gasteiger partial charge in [0.05, 0.1) is 0 Å². The van der Waals surface area contributed by atoms with Gasteiger partial charge in [0.15, 0.2) is 0 Å². The van der Waals surface area contributed by atoms with E-state index >= 15 is 0 Å². The van der Waals surface area contributed by atoms with Crippen LogP contribution in [0.2, 0.25) is 0 Å². The third kappa shape index (κ3) is 2.87. The fraction of sp³-hybridized carbons (Fsp3) is 0.556. The summed E-state index contributed by atoms with van der Waals surface area (Å²) < 4.78 is 0. The van der Waals surface area contributed by atoms with Crippen molar-refractivity contribution in [1.82, 2.24) is 0 Å². The van der Waals surface area contributed by atoms with Crippen molar-refractivity contribution < 1.29 is 0 Å². The van der Waals surface area contributed by atoms with Gasteiger partial charge in [-0.15, -0.1) is 0 Å². The average Bonchev–Trinajstić information content (AvgIpc) is 2.70. The van der Waals surface area contributed by atoms with Crippen molar-refractivity contribution in [2.75, 3.05) is 0 Å². The van der Waals surface area contributed by atoms with E-state index < -0.39 is 0 Å². The van der Waals surface area contributed by atoms with Gasteiger partial charge >= 0.3 is 0 Å². The fourth-order valence-electron chi connectivity index (χ4n) is 7.15. The Bertz CT molecular complexity index is 817. The van der Waals surface area contributed by atoms with Crippen LogP contribution < -0.4 is 0 Å². The van der Waals surface area contributed by atoms with Gasteiger partial charge in [0, 0.05) is 0 Å². The van der Waals surface area contributed by atoms with Gasteiger partial charge in [-0.1, -0.05) is 62.2 Å². The van der Waals surface area contributed by atoms with Gasteiger partial charge in [0.25, 0.3) is 0 Å². The summed E-state index contributed by atoms with van der Waals surface area (Å²) in [6.07, 6.45) is 12.7. The summed E-state index contributed by atoms with van der Waals surface area (Å²) in [6.45, 7) is 4.99. The molecule has 0 heteroatoms. The van der Waals surface area contributed by atoms with Crippen LogP contribution in [-0.4, -0.2) is 0 Å². The van der Waals surface area contributed by atoms with Crippen molar-refractivity contribution in [3.05, 3.63) is 70.3 Å². The first-order valence-electron chi connectivity index (χ1n) is 11.3. The minimum Gasteiger partial charge on any atom is -0.0622 e. The van der Waals surface area contributed by atoms with Crippen molar-refractivity contribution in [2.24, 2.45) is 17.3 Å². The van der Waals surface area contributed by atoms with Crippen molar-refractivity contribution in [3.8, 4) is 0 Å². The van der Waals surface area contributed by atoms with Crippen molar-refractivity contribution in [1.29, 1.82) is 0 Å². The topological polar surface area (TPSA) is 0 Å². The molecular formula is C27H34. The number of aryl methyl sites for hydroxylation is 1. The Morgan fingerprint density at radius 3 is 2.63 bits per heavy atom. The molecule has 5 rings (SSSR count). The predicted octanol–water partition coefficient (Wildman–Crippen LogP) is 7.22. The maximum absolute atomic E-state index is 2.66. The zero-order valence-corrected chi connectivity index (χ0v) is 17.1. The average molecular weight is 359 g/mol. The molecule has 0 amide bonds. The number of benzene rings is 2. The maximum Gasteiger partial charge on any atom is -0.00203 e. The monoisotopic (exact) mass is 358 g/mol. The molecule has 0 bridgehead atoms. The lowest BCUT2D eigenvalue weighted by Crippen LogP contribution is -2.46. The minimum absolute atomic E-state index is 0.614. The second-order valence-corrected chi connectivity index (χ2v) is 9.87. The van der Waals surface area contributed by atoms with Crippen LogP contribution in [-0.2, 0) is 12.8 Å². The molecule has 0 aromatic heterocycles. The van der Waals surface area contributed by atoms with E-state index in [-0.39, 0.29) is 0 Å². The highest BCUT2D eigenvalue weighted by Crippen LogP contribution is 2.61. The van der Waals surface area contributed by atoms with Crippen molar-refractivity contribution in [2.45, 2.75) is 77.6 Å². The van der Waals surface area contributed by atoms with Crippen LogP contribution in [0.15, 0.2) is 42.5 Å². The first kappa shape index (κ1) is 17.5. The van der Waals surface area contributed by atoms with Crippen LogP contribution in [0.5, 0.6) is 0 Å². The van der Waals surface area contributed by atoms with Crippen LogP contribution >= 0.6 is 0 Å². The molecule has 2 aromatic rings. The third-order valence-corrected chi connectivity index (χ3v) is 8.64. The standard InChI is InChI=1S/C27H34/c1-19-11-13-22-23(25(19)18-20-8-4-3-5-9-20)15-16-26-24(22)14-12-21-10-6-7-17-27(21,26)2/h3-5,8-9,11,13,21,24,26H,6-7,10,12,14-18H2,1-2H3/t21-,24-,26+,27-/m0/s1. The normalized spacial score (nSPS) is 32.3. The molecule has 0 nitrogen and oxygen atoms in total. The highest BCUT2D eigenvalue weighted by Gasteiger charge is 2.50. The second kappa shape index (κ2) is 6.80. The molecule has 3 aliphatic rings. The summed E-state index contributed by atoms with van der Waals surface area (Å²) in [6, 6.07) is 16.0. The van der Waals surface area contributed by atoms with Gasteiger partial charge in [-0.05, 0) is 103 Å². The van der Waals surface area contributed by atoms with Crippen molar-refractivity contribution >= 4 is 0 Å². The molecule has 142 valence electrons. The molecule has 2 saturated carbocycles. The lowest BCUT2D eigenvalue weighted by atomic mass is 9.49. The van der Waals surface area contributed by atoms with E-state index in [0.717, 1.165) is 24.2 Å². The van der Waals surface area contributed by atoms with E-state index in [1.165, 1.54) is 62.5 Å². The van der Waals surface area contributed by atoms with Crippen LogP contribution in [0.4, 0.5) is 0 Å². The van der Waals surface area contributed by atoms with Gasteiger partial charge in [-0.2, -0.15) is 0 Å². The maximum atomic E-state index is 2.66. The Morgan fingerprint density at radius 1 is 0.926 bits per heavy atom. The van der Waals surface area contributed by atoms with E-state index in [2.05, 4.69) is 56.3 Å².